The van der Waals surface area contributed by atoms with E-state index in [1.165, 1.54) is 0 Å². The number of nitrogens with zero attached hydrogens (tertiary/aromatic N) is 1. The maximum Gasteiger partial charge on any atom is 0.349 e. The molecule has 0 aliphatic carbocycles. The van der Waals surface area contributed by atoms with E-state index in [9.17, 15) is 9.90 Å². The molecule has 0 radical (unpaired) electrons. The van der Waals surface area contributed by atoms with E-state index in [0.29, 0.717) is 47.7 Å². The smallest absolute Gasteiger partial charge is 0.349 e. The molecule has 1 N–H and O–H groups in total. The van der Waals surface area contributed by atoms with Crippen LogP contribution in [0.1, 0.15) is 33.9 Å². The summed E-state index contributed by atoms with van der Waals surface area (Å²) in [5.41, 5.74) is 4.91. The summed E-state index contributed by atoms with van der Waals surface area (Å²) in [6.45, 7) is 1.96. The number of benzene rings is 4. The Morgan fingerprint density at radius 3 is 1.86 bits per heavy atom. The number of fused-ring (bicyclic) bond motifs is 2. The molecule has 0 fully saturated rings. The van der Waals surface area contributed by atoms with Gasteiger partial charge in [0, 0.05) is 45.5 Å². The van der Waals surface area contributed by atoms with Crippen molar-refractivity contribution in [3.05, 3.63) is 117 Å². The summed E-state index contributed by atoms with van der Waals surface area (Å²) in [6.07, 6.45) is -1.14. The minimum atomic E-state index is -1.14. The molecule has 0 bridgehead atoms. The standard InChI is InChI=1S/C32H27Cl2NO7/c33-27-10-12-29-25(16-38-18-40-29)23(27)14-35(15-24-26-17-39-19-41-30(26)13-11-28(24)34)21-6-8-22(9-7-21)42-31(32(36)37)20-4-2-1-3-5-20/h1-13,31H,14-19H2,(H,36,37). The van der Waals surface area contributed by atoms with Gasteiger partial charge in [0.1, 0.15) is 17.2 Å². The minimum Gasteiger partial charge on any atom is -0.478 e. The number of anilines is 1. The summed E-state index contributed by atoms with van der Waals surface area (Å²) >= 11 is 13.5. The van der Waals surface area contributed by atoms with Crippen molar-refractivity contribution in [2.75, 3.05) is 18.5 Å². The fourth-order valence-corrected chi connectivity index (χ4v) is 5.57. The molecule has 2 aliphatic heterocycles. The summed E-state index contributed by atoms with van der Waals surface area (Å²) in [5.74, 6) is 0.820. The Kier molecular flexibility index (Phi) is 8.39. The van der Waals surface area contributed by atoms with Gasteiger partial charge in [-0.3, -0.25) is 0 Å². The van der Waals surface area contributed by atoms with Crippen LogP contribution in [0.3, 0.4) is 0 Å². The molecule has 0 amide bonds. The van der Waals surface area contributed by atoms with Gasteiger partial charge >= 0.3 is 5.97 Å². The number of ether oxygens (including phenoxy) is 5. The third-order valence-electron chi connectivity index (χ3n) is 7.23. The van der Waals surface area contributed by atoms with Crippen molar-refractivity contribution < 1.29 is 33.6 Å². The van der Waals surface area contributed by atoms with Gasteiger partial charge in [-0.25, -0.2) is 4.79 Å². The molecule has 4 aromatic rings. The van der Waals surface area contributed by atoms with Crippen molar-refractivity contribution in [2.24, 2.45) is 0 Å². The number of hydrogen-bond acceptors (Lipinski definition) is 7. The molecular formula is C32H27Cl2NO7. The Labute approximate surface area is 252 Å². The lowest BCUT2D eigenvalue weighted by molar-refractivity contribution is -0.145. The summed E-state index contributed by atoms with van der Waals surface area (Å²) < 4.78 is 28.5. The second-order valence-electron chi connectivity index (χ2n) is 9.82. The molecule has 0 saturated heterocycles. The Bertz CT molecular complexity index is 1510. The van der Waals surface area contributed by atoms with E-state index in [1.807, 2.05) is 42.5 Å². The van der Waals surface area contributed by atoms with Crippen LogP contribution in [0.15, 0.2) is 78.9 Å². The van der Waals surface area contributed by atoms with Gasteiger partial charge in [0.2, 0.25) is 6.10 Å². The van der Waals surface area contributed by atoms with Crippen LogP contribution in [0.2, 0.25) is 10.0 Å². The largest absolute Gasteiger partial charge is 0.478 e. The van der Waals surface area contributed by atoms with Gasteiger partial charge in [-0.05, 0) is 59.7 Å². The van der Waals surface area contributed by atoms with Gasteiger partial charge in [0.05, 0.1) is 13.2 Å². The van der Waals surface area contributed by atoms with E-state index in [0.717, 1.165) is 39.4 Å². The quantitative estimate of drug-likeness (QED) is 0.215. The van der Waals surface area contributed by atoms with Crippen molar-refractivity contribution in [3.8, 4) is 17.2 Å². The van der Waals surface area contributed by atoms with E-state index in [-0.39, 0.29) is 13.6 Å². The number of halogens is 2. The Hall–Kier alpha value is -3.95. The molecule has 0 saturated carbocycles. The number of hydrogen-bond donors (Lipinski definition) is 1. The van der Waals surface area contributed by atoms with Crippen LogP contribution < -0.4 is 19.1 Å². The lowest BCUT2D eigenvalue weighted by Crippen LogP contribution is -2.26. The third kappa shape index (κ3) is 5.98. The number of carbonyl (C=O) groups is 1. The predicted molar refractivity (Wildman–Crippen MR) is 157 cm³/mol. The van der Waals surface area contributed by atoms with E-state index >= 15 is 0 Å². The molecule has 6 rings (SSSR count). The van der Waals surface area contributed by atoms with Gasteiger partial charge in [0.25, 0.3) is 0 Å². The molecule has 42 heavy (non-hydrogen) atoms. The van der Waals surface area contributed by atoms with E-state index in [4.69, 9.17) is 46.9 Å². The van der Waals surface area contributed by atoms with Gasteiger partial charge < -0.3 is 33.7 Å². The topological polar surface area (TPSA) is 86.7 Å². The number of rotatable bonds is 9. The average molecular weight is 608 g/mol. The molecule has 4 aromatic carbocycles. The van der Waals surface area contributed by atoms with Crippen molar-refractivity contribution in [1.29, 1.82) is 0 Å². The molecular weight excluding hydrogens is 581 g/mol. The Morgan fingerprint density at radius 1 is 0.786 bits per heavy atom. The highest BCUT2D eigenvalue weighted by molar-refractivity contribution is 6.32. The second kappa shape index (κ2) is 12.5. The number of carboxylic acid groups (broad SMARTS) is 1. The van der Waals surface area contributed by atoms with Gasteiger partial charge in [-0.1, -0.05) is 53.5 Å². The lowest BCUT2D eigenvalue weighted by atomic mass is 10.0. The normalized spacial score (nSPS) is 14.5. The molecule has 0 aromatic heterocycles. The molecule has 216 valence electrons. The first kappa shape index (κ1) is 28.2. The molecule has 2 aliphatic rings. The maximum atomic E-state index is 12.0. The van der Waals surface area contributed by atoms with Crippen LogP contribution in [0.5, 0.6) is 17.2 Å². The first-order valence-electron chi connectivity index (χ1n) is 13.3. The summed E-state index contributed by atoms with van der Waals surface area (Å²) in [6, 6.07) is 23.5. The minimum absolute atomic E-state index is 0.186. The summed E-state index contributed by atoms with van der Waals surface area (Å²) in [4.78, 5) is 14.1. The van der Waals surface area contributed by atoms with E-state index in [2.05, 4.69) is 4.90 Å². The third-order valence-corrected chi connectivity index (χ3v) is 7.94. The van der Waals surface area contributed by atoms with Crippen LogP contribution in [0.25, 0.3) is 0 Å². The lowest BCUT2D eigenvalue weighted by Gasteiger charge is -2.30. The van der Waals surface area contributed by atoms with Crippen LogP contribution in [-0.4, -0.2) is 24.7 Å². The van der Waals surface area contributed by atoms with Crippen molar-refractivity contribution in [1.82, 2.24) is 0 Å². The van der Waals surface area contributed by atoms with Crippen LogP contribution in [0, 0.1) is 0 Å². The fraction of sp³-hybridized carbons (Fsp3) is 0.219. The molecule has 1 unspecified atom stereocenters. The van der Waals surface area contributed by atoms with Crippen LogP contribution in [0.4, 0.5) is 5.69 Å². The van der Waals surface area contributed by atoms with Gasteiger partial charge in [-0.15, -0.1) is 0 Å². The van der Waals surface area contributed by atoms with E-state index < -0.39 is 12.1 Å². The summed E-state index contributed by atoms with van der Waals surface area (Å²) in [7, 11) is 0. The van der Waals surface area contributed by atoms with Crippen molar-refractivity contribution >= 4 is 34.9 Å². The predicted octanol–water partition coefficient (Wildman–Crippen LogP) is 7.14. The summed E-state index contributed by atoms with van der Waals surface area (Å²) in [5, 5.41) is 11.0. The Morgan fingerprint density at radius 2 is 1.33 bits per heavy atom. The van der Waals surface area contributed by atoms with Crippen LogP contribution >= 0.6 is 23.2 Å². The first-order chi connectivity index (χ1) is 20.5. The number of carboxylic acids is 1. The second-order valence-corrected chi connectivity index (χ2v) is 10.6. The van der Waals surface area contributed by atoms with Crippen molar-refractivity contribution in [3.63, 3.8) is 0 Å². The molecule has 1 atom stereocenters. The highest BCUT2D eigenvalue weighted by Gasteiger charge is 2.25. The Balaban J connectivity index is 1.35. The first-order valence-corrected chi connectivity index (χ1v) is 14.0. The van der Waals surface area contributed by atoms with E-state index in [1.54, 1.807) is 36.4 Å². The molecule has 8 nitrogen and oxygen atoms in total. The van der Waals surface area contributed by atoms with Gasteiger partial charge in [-0.2, -0.15) is 0 Å². The molecule has 0 spiro atoms. The SMILES string of the molecule is O=C(O)C(Oc1ccc(N(Cc2c(Cl)ccc3c2COCO3)Cc2c(Cl)ccc3c2COCO3)cc1)c1ccccc1. The van der Waals surface area contributed by atoms with Crippen LogP contribution in [-0.2, 0) is 40.6 Å². The highest BCUT2D eigenvalue weighted by atomic mass is 35.5. The monoisotopic (exact) mass is 607 g/mol. The molecule has 10 heteroatoms. The zero-order valence-electron chi connectivity index (χ0n) is 22.4. The number of aliphatic carboxylic acids is 1. The van der Waals surface area contributed by atoms with Crippen molar-refractivity contribution in [2.45, 2.75) is 32.4 Å². The maximum absolute atomic E-state index is 12.0. The average Bonchev–Trinajstić information content (AvgIpc) is 3.02. The zero-order chi connectivity index (χ0) is 29.1. The fourth-order valence-electron chi connectivity index (χ4n) is 5.09. The molecule has 2 heterocycles. The highest BCUT2D eigenvalue weighted by Crippen LogP contribution is 2.37. The zero-order valence-corrected chi connectivity index (χ0v) is 23.9. The van der Waals surface area contributed by atoms with Gasteiger partial charge in [0.15, 0.2) is 13.6 Å².